The largest absolute Gasteiger partial charge is 0.389 e. The Bertz CT molecular complexity index is 389. The lowest BCUT2D eigenvalue weighted by Crippen LogP contribution is -2.25. The van der Waals surface area contributed by atoms with Gasteiger partial charge in [0.1, 0.15) is 0 Å². The highest BCUT2D eigenvalue weighted by molar-refractivity contribution is 5.48. The Morgan fingerprint density at radius 2 is 1.83 bits per heavy atom. The van der Waals surface area contributed by atoms with Crippen molar-refractivity contribution in [2.75, 3.05) is 18.0 Å². The molecule has 1 aromatic rings. The average Bonchev–Trinajstić information content (AvgIpc) is 2.78. The number of hydrogen-bond donors (Lipinski definition) is 1. The molecule has 0 bridgehead atoms. The molecule has 18 heavy (non-hydrogen) atoms. The number of rotatable bonds is 2. The molecule has 1 N–H and O–H groups in total. The van der Waals surface area contributed by atoms with Gasteiger partial charge in [0.15, 0.2) is 0 Å². The van der Waals surface area contributed by atoms with Crippen molar-refractivity contribution in [2.24, 2.45) is 11.3 Å². The summed E-state index contributed by atoms with van der Waals surface area (Å²) in [6, 6.07) is 8.33. The van der Waals surface area contributed by atoms with E-state index in [1.807, 2.05) is 12.1 Å². The van der Waals surface area contributed by atoms with Crippen molar-refractivity contribution < 1.29 is 5.11 Å². The molecule has 2 heteroatoms. The van der Waals surface area contributed by atoms with Crippen LogP contribution in [0.4, 0.5) is 5.69 Å². The lowest BCUT2D eigenvalue weighted by molar-refractivity contribution is 0.199. The van der Waals surface area contributed by atoms with Gasteiger partial charge in [-0.25, -0.2) is 0 Å². The summed E-state index contributed by atoms with van der Waals surface area (Å²) in [4.78, 5) is 2.46. The van der Waals surface area contributed by atoms with Crippen LogP contribution >= 0.6 is 0 Å². The molecule has 1 saturated heterocycles. The van der Waals surface area contributed by atoms with Crippen LogP contribution in [0.5, 0.6) is 0 Å². The smallest absolute Gasteiger partial charge is 0.0761 e. The molecule has 0 spiro atoms. The SMILES string of the molecule is C[C@H](O)c1ccc(N2CCC(C(C)(C)C)C2)cc1. The lowest BCUT2D eigenvalue weighted by atomic mass is 9.80. The number of aliphatic hydroxyl groups excluding tert-OH is 1. The van der Waals surface area contributed by atoms with Crippen molar-refractivity contribution in [3.05, 3.63) is 29.8 Å². The van der Waals surface area contributed by atoms with Gasteiger partial charge in [0, 0.05) is 18.8 Å². The van der Waals surface area contributed by atoms with Crippen LogP contribution in [0.2, 0.25) is 0 Å². The Morgan fingerprint density at radius 3 is 2.28 bits per heavy atom. The predicted octanol–water partition coefficient (Wildman–Crippen LogP) is 3.61. The number of benzene rings is 1. The van der Waals surface area contributed by atoms with Gasteiger partial charge in [-0.1, -0.05) is 32.9 Å². The Labute approximate surface area is 111 Å². The first-order valence-corrected chi connectivity index (χ1v) is 6.91. The van der Waals surface area contributed by atoms with Crippen LogP contribution in [-0.4, -0.2) is 18.2 Å². The number of aliphatic hydroxyl groups is 1. The highest BCUT2D eigenvalue weighted by Crippen LogP contribution is 2.35. The van der Waals surface area contributed by atoms with Crippen molar-refractivity contribution in [1.82, 2.24) is 0 Å². The fourth-order valence-electron chi connectivity index (χ4n) is 2.67. The maximum absolute atomic E-state index is 9.52. The van der Waals surface area contributed by atoms with Crippen LogP contribution in [-0.2, 0) is 0 Å². The number of hydrogen-bond acceptors (Lipinski definition) is 2. The van der Waals surface area contributed by atoms with E-state index >= 15 is 0 Å². The van der Waals surface area contributed by atoms with Gasteiger partial charge in [-0.05, 0) is 42.4 Å². The third kappa shape index (κ3) is 2.86. The maximum Gasteiger partial charge on any atom is 0.0761 e. The van der Waals surface area contributed by atoms with E-state index in [9.17, 15) is 5.11 Å². The van der Waals surface area contributed by atoms with E-state index in [1.54, 1.807) is 6.92 Å². The first-order chi connectivity index (χ1) is 8.38. The highest BCUT2D eigenvalue weighted by atomic mass is 16.3. The van der Waals surface area contributed by atoms with Gasteiger partial charge in [-0.3, -0.25) is 0 Å². The minimum atomic E-state index is -0.375. The van der Waals surface area contributed by atoms with Gasteiger partial charge in [0.2, 0.25) is 0 Å². The Kier molecular flexibility index (Phi) is 3.67. The van der Waals surface area contributed by atoms with E-state index < -0.39 is 0 Å². The minimum absolute atomic E-state index is 0.375. The summed E-state index contributed by atoms with van der Waals surface area (Å²) in [6.07, 6.45) is 0.904. The van der Waals surface area contributed by atoms with Gasteiger partial charge >= 0.3 is 0 Å². The van der Waals surface area contributed by atoms with Crippen LogP contribution in [0.25, 0.3) is 0 Å². The van der Waals surface area contributed by atoms with Gasteiger partial charge in [0.25, 0.3) is 0 Å². The minimum Gasteiger partial charge on any atom is -0.389 e. The second kappa shape index (κ2) is 4.93. The van der Waals surface area contributed by atoms with Crippen LogP contribution in [0.3, 0.4) is 0 Å². The van der Waals surface area contributed by atoms with Crippen LogP contribution in [0.15, 0.2) is 24.3 Å². The van der Waals surface area contributed by atoms with Gasteiger partial charge in [-0.2, -0.15) is 0 Å². The summed E-state index contributed by atoms with van der Waals surface area (Å²) in [6.45, 7) is 11.1. The highest BCUT2D eigenvalue weighted by Gasteiger charge is 2.31. The van der Waals surface area contributed by atoms with E-state index in [4.69, 9.17) is 0 Å². The third-order valence-corrected chi connectivity index (χ3v) is 4.15. The molecule has 0 aliphatic carbocycles. The topological polar surface area (TPSA) is 23.5 Å². The zero-order valence-corrected chi connectivity index (χ0v) is 12.0. The Balaban J connectivity index is 2.05. The van der Waals surface area contributed by atoms with Gasteiger partial charge in [0.05, 0.1) is 6.10 Å². The maximum atomic E-state index is 9.52. The number of anilines is 1. The zero-order valence-electron chi connectivity index (χ0n) is 12.0. The quantitative estimate of drug-likeness (QED) is 0.863. The molecule has 1 unspecified atom stereocenters. The van der Waals surface area contributed by atoms with Crippen LogP contribution < -0.4 is 4.90 Å². The predicted molar refractivity (Wildman–Crippen MR) is 76.9 cm³/mol. The monoisotopic (exact) mass is 247 g/mol. The van der Waals surface area contributed by atoms with Gasteiger partial charge < -0.3 is 10.0 Å². The van der Waals surface area contributed by atoms with Crippen molar-refractivity contribution >= 4 is 5.69 Å². The summed E-state index contributed by atoms with van der Waals surface area (Å²) >= 11 is 0. The summed E-state index contributed by atoms with van der Waals surface area (Å²) < 4.78 is 0. The molecular weight excluding hydrogens is 222 g/mol. The molecule has 1 aliphatic rings. The molecule has 1 heterocycles. The summed E-state index contributed by atoms with van der Waals surface area (Å²) in [5.41, 5.74) is 2.67. The molecule has 100 valence electrons. The normalized spacial score (nSPS) is 22.3. The second-order valence-corrected chi connectivity index (χ2v) is 6.57. The summed E-state index contributed by atoms with van der Waals surface area (Å²) in [5.74, 6) is 0.772. The first kappa shape index (κ1) is 13.4. The lowest BCUT2D eigenvalue weighted by Gasteiger charge is -2.27. The van der Waals surface area contributed by atoms with Gasteiger partial charge in [-0.15, -0.1) is 0 Å². The average molecular weight is 247 g/mol. The molecular formula is C16H25NO. The molecule has 2 nitrogen and oxygen atoms in total. The van der Waals surface area contributed by atoms with Crippen molar-refractivity contribution in [3.8, 4) is 0 Å². The zero-order chi connectivity index (χ0) is 13.3. The molecule has 1 fully saturated rings. The number of nitrogens with zero attached hydrogens (tertiary/aromatic N) is 1. The summed E-state index contributed by atoms with van der Waals surface area (Å²) in [7, 11) is 0. The van der Waals surface area contributed by atoms with E-state index in [-0.39, 0.29) is 6.10 Å². The first-order valence-electron chi connectivity index (χ1n) is 6.91. The molecule has 1 aliphatic heterocycles. The van der Waals surface area contributed by atoms with E-state index in [0.29, 0.717) is 5.41 Å². The summed E-state index contributed by atoms with van der Waals surface area (Å²) in [5, 5.41) is 9.52. The third-order valence-electron chi connectivity index (χ3n) is 4.15. The fourth-order valence-corrected chi connectivity index (χ4v) is 2.67. The molecule has 0 saturated carbocycles. The molecule has 0 amide bonds. The second-order valence-electron chi connectivity index (χ2n) is 6.57. The molecule has 1 aromatic carbocycles. The van der Waals surface area contributed by atoms with E-state index in [0.717, 1.165) is 24.6 Å². The van der Waals surface area contributed by atoms with E-state index in [1.165, 1.54) is 12.1 Å². The molecule has 2 atom stereocenters. The van der Waals surface area contributed by atoms with Crippen LogP contribution in [0, 0.1) is 11.3 Å². The van der Waals surface area contributed by atoms with E-state index in [2.05, 4.69) is 37.8 Å². The Hall–Kier alpha value is -1.02. The fraction of sp³-hybridized carbons (Fsp3) is 0.625. The Morgan fingerprint density at radius 1 is 1.22 bits per heavy atom. The standard InChI is InChI=1S/C16H25NO/c1-12(18)13-5-7-15(8-6-13)17-10-9-14(11-17)16(2,3)4/h5-8,12,14,18H,9-11H2,1-4H3/t12-,14?/m0/s1. The van der Waals surface area contributed by atoms with Crippen molar-refractivity contribution in [2.45, 2.75) is 40.2 Å². The molecule has 2 rings (SSSR count). The molecule has 0 aromatic heterocycles. The van der Waals surface area contributed by atoms with Crippen molar-refractivity contribution in [1.29, 1.82) is 0 Å². The molecule has 0 radical (unpaired) electrons. The van der Waals surface area contributed by atoms with Crippen LogP contribution in [0.1, 0.15) is 45.8 Å². The van der Waals surface area contributed by atoms with Crippen molar-refractivity contribution in [3.63, 3.8) is 0 Å².